The number of ketones is 1. The Morgan fingerprint density at radius 2 is 1.86 bits per heavy atom. The van der Waals surface area contributed by atoms with Crippen LogP contribution in [0.4, 0.5) is 13.2 Å². The SMILES string of the molecule is O=C(C1=CC(C(=O)O)NC=C1)c1ccccc1C(F)(F)F. The zero-order valence-electron chi connectivity index (χ0n) is 10.5. The molecule has 1 aliphatic rings. The van der Waals surface area contributed by atoms with E-state index in [1.54, 1.807) is 0 Å². The van der Waals surface area contributed by atoms with E-state index in [-0.39, 0.29) is 5.57 Å². The highest BCUT2D eigenvalue weighted by Crippen LogP contribution is 2.33. The Hall–Kier alpha value is -2.57. The van der Waals surface area contributed by atoms with Crippen molar-refractivity contribution in [3.63, 3.8) is 0 Å². The summed E-state index contributed by atoms with van der Waals surface area (Å²) >= 11 is 0. The first kappa shape index (κ1) is 14.8. The lowest BCUT2D eigenvalue weighted by molar-refractivity contribution is -0.138. The quantitative estimate of drug-likeness (QED) is 0.841. The van der Waals surface area contributed by atoms with E-state index in [1.165, 1.54) is 24.4 Å². The number of hydrogen-bond acceptors (Lipinski definition) is 3. The number of halogens is 3. The number of dihydropyridines is 1. The number of carboxylic acids is 1. The van der Waals surface area contributed by atoms with E-state index in [9.17, 15) is 22.8 Å². The van der Waals surface area contributed by atoms with E-state index < -0.39 is 35.1 Å². The lowest BCUT2D eigenvalue weighted by Crippen LogP contribution is -2.34. The van der Waals surface area contributed by atoms with Crippen LogP contribution in [0, 0.1) is 0 Å². The summed E-state index contributed by atoms with van der Waals surface area (Å²) in [6.45, 7) is 0. The highest BCUT2D eigenvalue weighted by atomic mass is 19.4. The van der Waals surface area contributed by atoms with Gasteiger partial charge in [0, 0.05) is 11.1 Å². The van der Waals surface area contributed by atoms with Gasteiger partial charge in [0.25, 0.3) is 0 Å². The molecule has 0 aliphatic carbocycles. The van der Waals surface area contributed by atoms with E-state index in [0.717, 1.165) is 18.2 Å². The van der Waals surface area contributed by atoms with Crippen LogP contribution in [0.15, 0.2) is 48.2 Å². The minimum Gasteiger partial charge on any atom is -0.479 e. The van der Waals surface area contributed by atoms with Gasteiger partial charge in [-0.15, -0.1) is 0 Å². The number of rotatable bonds is 3. The molecule has 0 bridgehead atoms. The molecule has 0 spiro atoms. The average molecular weight is 297 g/mol. The number of alkyl halides is 3. The Balaban J connectivity index is 2.42. The molecule has 2 rings (SSSR count). The zero-order chi connectivity index (χ0) is 15.6. The standard InChI is InChI=1S/C14H10F3NO3/c15-14(16,17)10-4-2-1-3-9(10)12(19)8-5-6-18-11(7-8)13(20)21/h1-7,11,18H,(H,20,21). The Morgan fingerprint density at radius 3 is 2.48 bits per heavy atom. The monoisotopic (exact) mass is 297 g/mol. The van der Waals surface area contributed by atoms with E-state index in [4.69, 9.17) is 5.11 Å². The maximum absolute atomic E-state index is 12.9. The van der Waals surface area contributed by atoms with Gasteiger partial charge in [0.05, 0.1) is 5.56 Å². The molecule has 7 heteroatoms. The van der Waals surface area contributed by atoms with Gasteiger partial charge < -0.3 is 10.4 Å². The molecule has 0 fully saturated rings. The van der Waals surface area contributed by atoms with Crippen molar-refractivity contribution in [2.45, 2.75) is 12.2 Å². The first-order chi connectivity index (χ1) is 9.80. The molecule has 1 aliphatic heterocycles. The average Bonchev–Trinajstić information content (AvgIpc) is 2.45. The molecule has 1 heterocycles. The third kappa shape index (κ3) is 3.13. The van der Waals surface area contributed by atoms with Crippen LogP contribution in [0.5, 0.6) is 0 Å². The van der Waals surface area contributed by atoms with Crippen LogP contribution in [0.1, 0.15) is 15.9 Å². The summed E-state index contributed by atoms with van der Waals surface area (Å²) in [5, 5.41) is 11.3. The molecule has 4 nitrogen and oxygen atoms in total. The van der Waals surface area contributed by atoms with Crippen LogP contribution >= 0.6 is 0 Å². The largest absolute Gasteiger partial charge is 0.479 e. The number of hydrogen-bond donors (Lipinski definition) is 2. The van der Waals surface area contributed by atoms with Crippen LogP contribution in [-0.2, 0) is 11.0 Å². The zero-order valence-corrected chi connectivity index (χ0v) is 10.5. The molecule has 0 radical (unpaired) electrons. The number of Topliss-reactive ketones (excluding diaryl/α,β-unsaturated/α-hetero) is 1. The first-order valence-corrected chi connectivity index (χ1v) is 5.89. The number of nitrogens with one attached hydrogen (secondary N) is 1. The Kier molecular flexibility index (Phi) is 3.84. The second kappa shape index (κ2) is 5.43. The van der Waals surface area contributed by atoms with E-state index in [0.29, 0.717) is 0 Å². The third-order valence-electron chi connectivity index (χ3n) is 2.89. The van der Waals surface area contributed by atoms with Gasteiger partial charge in [0.15, 0.2) is 5.78 Å². The van der Waals surface area contributed by atoms with Crippen LogP contribution < -0.4 is 5.32 Å². The maximum Gasteiger partial charge on any atom is 0.417 e. The van der Waals surface area contributed by atoms with Gasteiger partial charge in [-0.1, -0.05) is 18.2 Å². The highest BCUT2D eigenvalue weighted by molar-refractivity contribution is 6.12. The smallest absolute Gasteiger partial charge is 0.417 e. The lowest BCUT2D eigenvalue weighted by atomic mass is 9.95. The number of aliphatic carboxylic acids is 1. The van der Waals surface area contributed by atoms with Crippen molar-refractivity contribution in [2.24, 2.45) is 0 Å². The fourth-order valence-electron chi connectivity index (χ4n) is 1.90. The predicted molar refractivity (Wildman–Crippen MR) is 67.6 cm³/mol. The number of carboxylic acid groups (broad SMARTS) is 1. The molecule has 21 heavy (non-hydrogen) atoms. The Morgan fingerprint density at radius 1 is 1.19 bits per heavy atom. The molecule has 1 atom stereocenters. The van der Waals surface area contributed by atoms with Gasteiger partial charge >= 0.3 is 12.1 Å². The first-order valence-electron chi connectivity index (χ1n) is 5.89. The second-order valence-corrected chi connectivity index (χ2v) is 4.31. The van der Waals surface area contributed by atoms with Crippen molar-refractivity contribution in [2.75, 3.05) is 0 Å². The van der Waals surface area contributed by atoms with Crippen molar-refractivity contribution >= 4 is 11.8 Å². The van der Waals surface area contributed by atoms with E-state index in [2.05, 4.69) is 5.32 Å². The molecule has 1 aromatic rings. The van der Waals surface area contributed by atoms with Gasteiger partial charge in [0.1, 0.15) is 6.04 Å². The summed E-state index contributed by atoms with van der Waals surface area (Å²) in [6, 6.07) is 3.24. The summed E-state index contributed by atoms with van der Waals surface area (Å²) in [5.41, 5.74) is -1.65. The molecule has 0 aromatic heterocycles. The van der Waals surface area contributed by atoms with Crippen molar-refractivity contribution < 1.29 is 27.9 Å². The molecule has 110 valence electrons. The minimum absolute atomic E-state index is 0.0992. The van der Waals surface area contributed by atoms with Gasteiger partial charge in [-0.3, -0.25) is 4.79 Å². The number of carbonyl (C=O) groups is 2. The van der Waals surface area contributed by atoms with Gasteiger partial charge in [0.2, 0.25) is 0 Å². The molecule has 0 amide bonds. The van der Waals surface area contributed by atoms with Crippen LogP contribution in [0.2, 0.25) is 0 Å². The molecular formula is C14H10F3NO3. The molecule has 2 N–H and O–H groups in total. The fourth-order valence-corrected chi connectivity index (χ4v) is 1.90. The van der Waals surface area contributed by atoms with Crippen molar-refractivity contribution in [1.82, 2.24) is 5.32 Å². The summed E-state index contributed by atoms with van der Waals surface area (Å²) < 4.78 is 38.7. The summed E-state index contributed by atoms with van der Waals surface area (Å²) in [4.78, 5) is 23.0. The third-order valence-corrected chi connectivity index (χ3v) is 2.89. The molecule has 0 saturated carbocycles. The Bertz CT molecular complexity index is 647. The molecule has 1 unspecified atom stereocenters. The number of allylic oxidation sites excluding steroid dienone is 2. The van der Waals surface area contributed by atoms with Gasteiger partial charge in [-0.2, -0.15) is 13.2 Å². The summed E-state index contributed by atoms with van der Waals surface area (Å²) in [6.07, 6.45) is -1.11. The number of benzene rings is 1. The van der Waals surface area contributed by atoms with Crippen LogP contribution in [-0.4, -0.2) is 22.9 Å². The molecule has 0 saturated heterocycles. The van der Waals surface area contributed by atoms with Crippen LogP contribution in [0.25, 0.3) is 0 Å². The summed E-state index contributed by atoms with van der Waals surface area (Å²) in [7, 11) is 0. The van der Waals surface area contributed by atoms with Crippen LogP contribution in [0.3, 0.4) is 0 Å². The lowest BCUT2D eigenvalue weighted by Gasteiger charge is -2.16. The van der Waals surface area contributed by atoms with Gasteiger partial charge in [-0.25, -0.2) is 4.79 Å². The number of carbonyl (C=O) groups excluding carboxylic acids is 1. The van der Waals surface area contributed by atoms with E-state index >= 15 is 0 Å². The minimum atomic E-state index is -4.66. The molecular weight excluding hydrogens is 287 g/mol. The summed E-state index contributed by atoms with van der Waals surface area (Å²) in [5.74, 6) is -2.10. The Labute approximate surface area is 117 Å². The predicted octanol–water partition coefficient (Wildman–Crippen LogP) is 2.38. The van der Waals surface area contributed by atoms with E-state index in [1.807, 2.05) is 0 Å². The molecule has 1 aromatic carbocycles. The topological polar surface area (TPSA) is 66.4 Å². The second-order valence-electron chi connectivity index (χ2n) is 4.31. The fraction of sp³-hybridized carbons (Fsp3) is 0.143. The maximum atomic E-state index is 12.9. The normalized spacial score (nSPS) is 17.9. The van der Waals surface area contributed by atoms with Crippen molar-refractivity contribution in [3.05, 3.63) is 59.3 Å². The van der Waals surface area contributed by atoms with Gasteiger partial charge in [-0.05, 0) is 24.4 Å². The highest BCUT2D eigenvalue weighted by Gasteiger charge is 2.35. The van der Waals surface area contributed by atoms with Crippen molar-refractivity contribution in [1.29, 1.82) is 0 Å². The van der Waals surface area contributed by atoms with Crippen molar-refractivity contribution in [3.8, 4) is 0 Å².